The molecule has 2 atom stereocenters. The lowest BCUT2D eigenvalue weighted by Crippen LogP contribution is -2.24. The summed E-state index contributed by atoms with van der Waals surface area (Å²) in [5.41, 5.74) is 4.34. The van der Waals surface area contributed by atoms with Crippen LogP contribution in [-0.4, -0.2) is 12.8 Å². The SMILES string of the molecule is CCCc1ccc(C(NC)C2CSc3ccccc32)cc1. The number of fused-ring (bicyclic) bond motifs is 1. The van der Waals surface area contributed by atoms with Gasteiger partial charge in [0, 0.05) is 22.6 Å². The summed E-state index contributed by atoms with van der Waals surface area (Å²) < 4.78 is 0. The van der Waals surface area contributed by atoms with Crippen LogP contribution in [0.2, 0.25) is 0 Å². The van der Waals surface area contributed by atoms with Crippen LogP contribution in [-0.2, 0) is 6.42 Å². The van der Waals surface area contributed by atoms with Gasteiger partial charge in [0.15, 0.2) is 0 Å². The molecule has 0 radical (unpaired) electrons. The van der Waals surface area contributed by atoms with E-state index in [2.05, 4.69) is 67.8 Å². The Bertz CT molecular complexity index is 591. The highest BCUT2D eigenvalue weighted by molar-refractivity contribution is 7.99. The van der Waals surface area contributed by atoms with Crippen molar-refractivity contribution >= 4 is 11.8 Å². The summed E-state index contributed by atoms with van der Waals surface area (Å²) in [5, 5.41) is 3.54. The molecule has 2 heteroatoms. The van der Waals surface area contributed by atoms with Crippen molar-refractivity contribution < 1.29 is 0 Å². The second-order valence-electron chi connectivity index (χ2n) is 5.71. The van der Waals surface area contributed by atoms with Gasteiger partial charge >= 0.3 is 0 Å². The lowest BCUT2D eigenvalue weighted by Gasteiger charge is -2.24. The first kappa shape index (κ1) is 14.7. The van der Waals surface area contributed by atoms with Crippen molar-refractivity contribution in [2.45, 2.75) is 36.6 Å². The van der Waals surface area contributed by atoms with E-state index < -0.39 is 0 Å². The topological polar surface area (TPSA) is 12.0 Å². The molecule has 0 aliphatic carbocycles. The minimum absolute atomic E-state index is 0.400. The van der Waals surface area contributed by atoms with E-state index in [9.17, 15) is 0 Å². The molecule has 0 saturated heterocycles. The molecule has 1 aliphatic heterocycles. The number of hydrogen-bond donors (Lipinski definition) is 1. The highest BCUT2D eigenvalue weighted by Gasteiger charge is 2.30. The summed E-state index contributed by atoms with van der Waals surface area (Å²) in [6, 6.07) is 18.4. The standard InChI is InChI=1S/C19H23NS/c1-3-6-14-9-11-15(12-10-14)19(20-2)17-13-21-18-8-5-4-7-16(17)18/h4-5,7-12,17,19-20H,3,6,13H2,1-2H3. The molecule has 2 unspecified atom stereocenters. The average Bonchev–Trinajstić information content (AvgIpc) is 2.94. The van der Waals surface area contributed by atoms with E-state index >= 15 is 0 Å². The van der Waals surface area contributed by atoms with Gasteiger partial charge in [0.05, 0.1) is 0 Å². The summed E-state index contributed by atoms with van der Waals surface area (Å²) in [6.07, 6.45) is 2.38. The Morgan fingerprint density at radius 3 is 2.62 bits per heavy atom. The number of thioether (sulfide) groups is 1. The predicted octanol–water partition coefficient (Wildman–Crippen LogP) is 4.79. The molecule has 1 N–H and O–H groups in total. The zero-order valence-corrected chi connectivity index (χ0v) is 13.6. The largest absolute Gasteiger partial charge is 0.312 e. The molecule has 1 nitrogen and oxygen atoms in total. The molecule has 1 aliphatic rings. The number of benzene rings is 2. The first-order chi connectivity index (χ1) is 10.3. The van der Waals surface area contributed by atoms with Crippen LogP contribution in [0.1, 0.15) is 42.0 Å². The van der Waals surface area contributed by atoms with Crippen LogP contribution in [0.25, 0.3) is 0 Å². The number of rotatable bonds is 5. The Labute approximate surface area is 132 Å². The molecule has 110 valence electrons. The molecule has 2 aromatic rings. The number of aryl methyl sites for hydroxylation is 1. The Morgan fingerprint density at radius 2 is 1.90 bits per heavy atom. The van der Waals surface area contributed by atoms with Gasteiger partial charge < -0.3 is 5.32 Å². The third kappa shape index (κ3) is 3.02. The molecule has 0 aromatic heterocycles. The average molecular weight is 297 g/mol. The van der Waals surface area contributed by atoms with Gasteiger partial charge in [0.25, 0.3) is 0 Å². The van der Waals surface area contributed by atoms with Gasteiger partial charge in [0.1, 0.15) is 0 Å². The van der Waals surface area contributed by atoms with Crippen LogP contribution in [0.5, 0.6) is 0 Å². The molecular weight excluding hydrogens is 274 g/mol. The molecule has 21 heavy (non-hydrogen) atoms. The zero-order valence-electron chi connectivity index (χ0n) is 12.8. The Morgan fingerprint density at radius 1 is 1.14 bits per heavy atom. The molecular formula is C19H23NS. The molecule has 0 amide bonds. The highest BCUT2D eigenvalue weighted by Crippen LogP contribution is 2.45. The predicted molar refractivity (Wildman–Crippen MR) is 92.1 cm³/mol. The van der Waals surface area contributed by atoms with Crippen molar-refractivity contribution in [1.82, 2.24) is 5.32 Å². The quantitative estimate of drug-likeness (QED) is 0.851. The molecule has 0 saturated carbocycles. The van der Waals surface area contributed by atoms with E-state index in [1.54, 1.807) is 0 Å². The van der Waals surface area contributed by atoms with Gasteiger partial charge in [-0.3, -0.25) is 0 Å². The van der Waals surface area contributed by atoms with E-state index in [4.69, 9.17) is 0 Å². The normalized spacial score (nSPS) is 18.5. The molecule has 2 aromatic carbocycles. The molecule has 0 bridgehead atoms. The second-order valence-corrected chi connectivity index (χ2v) is 6.78. The summed E-state index contributed by atoms with van der Waals surface area (Å²) in [4.78, 5) is 1.45. The first-order valence-corrected chi connectivity index (χ1v) is 8.80. The maximum absolute atomic E-state index is 3.54. The van der Waals surface area contributed by atoms with Gasteiger partial charge in [-0.1, -0.05) is 55.8 Å². The van der Waals surface area contributed by atoms with Gasteiger partial charge in [-0.25, -0.2) is 0 Å². The van der Waals surface area contributed by atoms with Crippen LogP contribution in [0.4, 0.5) is 0 Å². The van der Waals surface area contributed by atoms with Crippen LogP contribution in [0.15, 0.2) is 53.4 Å². The minimum Gasteiger partial charge on any atom is -0.312 e. The van der Waals surface area contributed by atoms with Crippen molar-refractivity contribution in [3.63, 3.8) is 0 Å². The summed E-state index contributed by atoms with van der Waals surface area (Å²) in [6.45, 7) is 2.23. The van der Waals surface area contributed by atoms with Gasteiger partial charge in [-0.15, -0.1) is 11.8 Å². The smallest absolute Gasteiger partial charge is 0.0395 e. The molecule has 0 fully saturated rings. The fourth-order valence-electron chi connectivity index (χ4n) is 3.24. The summed E-state index contributed by atoms with van der Waals surface area (Å²) in [7, 11) is 2.08. The van der Waals surface area contributed by atoms with Gasteiger partial charge in [-0.2, -0.15) is 0 Å². The Kier molecular flexibility index (Phi) is 4.67. The summed E-state index contributed by atoms with van der Waals surface area (Å²) in [5.74, 6) is 1.73. The number of likely N-dealkylation sites (N-methyl/N-ethyl adjacent to an activating group) is 1. The lowest BCUT2D eigenvalue weighted by atomic mass is 9.88. The number of hydrogen-bond acceptors (Lipinski definition) is 2. The molecule has 1 heterocycles. The second kappa shape index (κ2) is 6.67. The monoisotopic (exact) mass is 297 g/mol. The third-order valence-electron chi connectivity index (χ3n) is 4.33. The summed E-state index contributed by atoms with van der Waals surface area (Å²) >= 11 is 1.99. The fourth-order valence-corrected chi connectivity index (χ4v) is 4.54. The van der Waals surface area contributed by atoms with Crippen LogP contribution in [0, 0.1) is 0 Å². The minimum atomic E-state index is 0.400. The van der Waals surface area contributed by atoms with E-state index in [1.807, 2.05) is 11.8 Å². The van der Waals surface area contributed by atoms with Crippen molar-refractivity contribution in [3.05, 3.63) is 65.2 Å². The van der Waals surface area contributed by atoms with E-state index in [0.717, 1.165) is 0 Å². The van der Waals surface area contributed by atoms with Crippen molar-refractivity contribution in [2.75, 3.05) is 12.8 Å². The fraction of sp³-hybridized carbons (Fsp3) is 0.368. The van der Waals surface area contributed by atoms with Crippen LogP contribution in [0.3, 0.4) is 0 Å². The van der Waals surface area contributed by atoms with Crippen molar-refractivity contribution in [1.29, 1.82) is 0 Å². The lowest BCUT2D eigenvalue weighted by molar-refractivity contribution is 0.514. The third-order valence-corrected chi connectivity index (χ3v) is 5.54. The molecule has 3 rings (SSSR count). The maximum Gasteiger partial charge on any atom is 0.0395 e. The van der Waals surface area contributed by atoms with Crippen molar-refractivity contribution in [2.24, 2.45) is 0 Å². The maximum atomic E-state index is 3.54. The van der Waals surface area contributed by atoms with E-state index in [-0.39, 0.29) is 0 Å². The van der Waals surface area contributed by atoms with Gasteiger partial charge in [-0.05, 0) is 36.2 Å². The first-order valence-electron chi connectivity index (χ1n) is 7.81. The van der Waals surface area contributed by atoms with Crippen LogP contribution >= 0.6 is 11.8 Å². The Balaban J connectivity index is 1.85. The highest BCUT2D eigenvalue weighted by atomic mass is 32.2. The number of nitrogens with one attached hydrogen (secondary N) is 1. The van der Waals surface area contributed by atoms with Crippen LogP contribution < -0.4 is 5.32 Å². The van der Waals surface area contributed by atoms with Gasteiger partial charge in [0.2, 0.25) is 0 Å². The van der Waals surface area contributed by atoms with E-state index in [0.29, 0.717) is 12.0 Å². The molecule has 0 spiro atoms. The van der Waals surface area contributed by atoms with Crippen molar-refractivity contribution in [3.8, 4) is 0 Å². The Hall–Kier alpha value is -1.25. The zero-order chi connectivity index (χ0) is 14.7. The van der Waals surface area contributed by atoms with E-state index in [1.165, 1.54) is 40.2 Å².